The molecule has 2 heterocycles. The van der Waals surface area contributed by atoms with Crippen LogP contribution in [0.25, 0.3) is 0 Å². The minimum Gasteiger partial charge on any atom is -0.440 e. The number of hydrogen-bond acceptors (Lipinski definition) is 4. The number of aryl methyl sites for hydroxylation is 1. The quantitative estimate of drug-likeness (QED) is 0.833. The fraction of sp³-hybridized carbons (Fsp3) is 0.111. The second-order valence-electron chi connectivity index (χ2n) is 3.13. The number of aromatic nitrogens is 2. The lowest BCUT2D eigenvalue weighted by Crippen LogP contribution is -2.14. The van der Waals surface area contributed by atoms with Gasteiger partial charge in [0, 0.05) is 7.05 Å². The van der Waals surface area contributed by atoms with Crippen molar-refractivity contribution < 1.29 is 9.21 Å². The van der Waals surface area contributed by atoms with Gasteiger partial charge < -0.3 is 15.5 Å². The van der Waals surface area contributed by atoms with Crippen molar-refractivity contribution in [3.63, 3.8) is 0 Å². The average Bonchev–Trinajstić information content (AvgIpc) is 2.79. The van der Waals surface area contributed by atoms with Gasteiger partial charge in [0.15, 0.2) is 16.8 Å². The standard InChI is InChI=1S/C9H9ClN4O2/c1-14-8(5(11)4-12-14)13-9(15)6-2-3-7(10)16-6/h2-4H,11H2,1H3,(H,13,15). The number of nitrogens with two attached hydrogens (primary N) is 1. The number of nitrogen functional groups attached to an aromatic ring is 1. The van der Waals surface area contributed by atoms with Crippen molar-refractivity contribution in [2.24, 2.45) is 7.05 Å². The zero-order valence-electron chi connectivity index (χ0n) is 8.40. The maximum atomic E-state index is 11.7. The first-order valence-electron chi connectivity index (χ1n) is 4.42. The predicted molar refractivity (Wildman–Crippen MR) is 59.3 cm³/mol. The molecule has 0 spiro atoms. The molecule has 0 aliphatic heterocycles. The highest BCUT2D eigenvalue weighted by atomic mass is 35.5. The molecule has 2 rings (SSSR count). The molecule has 0 atom stereocenters. The SMILES string of the molecule is Cn1ncc(N)c1NC(=O)c1ccc(Cl)o1. The van der Waals surface area contributed by atoms with Crippen molar-refractivity contribution in [1.82, 2.24) is 9.78 Å². The van der Waals surface area contributed by atoms with E-state index in [0.717, 1.165) is 0 Å². The van der Waals surface area contributed by atoms with Gasteiger partial charge in [0.1, 0.15) is 0 Å². The van der Waals surface area contributed by atoms with Crippen LogP contribution < -0.4 is 11.1 Å². The topological polar surface area (TPSA) is 86.1 Å². The van der Waals surface area contributed by atoms with Gasteiger partial charge in [-0.05, 0) is 23.7 Å². The second kappa shape index (κ2) is 3.90. The summed E-state index contributed by atoms with van der Waals surface area (Å²) in [5.74, 6) is 0.102. The molecule has 84 valence electrons. The molecule has 1 amide bonds. The molecular formula is C9H9ClN4O2. The molecule has 16 heavy (non-hydrogen) atoms. The first-order valence-corrected chi connectivity index (χ1v) is 4.80. The zero-order valence-corrected chi connectivity index (χ0v) is 9.15. The van der Waals surface area contributed by atoms with Crippen molar-refractivity contribution in [1.29, 1.82) is 0 Å². The van der Waals surface area contributed by atoms with Gasteiger partial charge in [-0.1, -0.05) is 0 Å². The highest BCUT2D eigenvalue weighted by Gasteiger charge is 2.14. The van der Waals surface area contributed by atoms with Crippen LogP contribution in [0.2, 0.25) is 5.22 Å². The van der Waals surface area contributed by atoms with E-state index in [4.69, 9.17) is 21.8 Å². The maximum Gasteiger partial charge on any atom is 0.292 e. The number of furan rings is 1. The summed E-state index contributed by atoms with van der Waals surface area (Å²) in [6.07, 6.45) is 1.45. The van der Waals surface area contributed by atoms with Gasteiger partial charge in [-0.2, -0.15) is 5.10 Å². The highest BCUT2D eigenvalue weighted by Crippen LogP contribution is 2.18. The lowest BCUT2D eigenvalue weighted by atomic mass is 10.4. The molecule has 0 radical (unpaired) electrons. The minimum absolute atomic E-state index is 0.116. The van der Waals surface area contributed by atoms with Gasteiger partial charge in [-0.3, -0.25) is 9.48 Å². The predicted octanol–water partition coefficient (Wildman–Crippen LogP) is 1.50. The minimum atomic E-state index is -0.429. The van der Waals surface area contributed by atoms with Gasteiger partial charge in [0.2, 0.25) is 0 Å². The number of amides is 1. The molecule has 0 bridgehead atoms. The Labute approximate surface area is 96.0 Å². The van der Waals surface area contributed by atoms with E-state index in [-0.39, 0.29) is 11.0 Å². The number of nitrogens with zero attached hydrogens (tertiary/aromatic N) is 2. The summed E-state index contributed by atoms with van der Waals surface area (Å²) in [6.45, 7) is 0. The van der Waals surface area contributed by atoms with Crippen molar-refractivity contribution in [2.75, 3.05) is 11.1 Å². The van der Waals surface area contributed by atoms with E-state index in [2.05, 4.69) is 10.4 Å². The van der Waals surface area contributed by atoms with Crippen LogP contribution in [0, 0.1) is 0 Å². The number of carbonyl (C=O) groups excluding carboxylic acids is 1. The Morgan fingerprint density at radius 3 is 2.88 bits per heavy atom. The summed E-state index contributed by atoms with van der Waals surface area (Å²) in [6, 6.07) is 2.97. The molecule has 0 saturated carbocycles. The molecule has 6 nitrogen and oxygen atoms in total. The van der Waals surface area contributed by atoms with Gasteiger partial charge >= 0.3 is 0 Å². The van der Waals surface area contributed by atoms with Crippen LogP contribution in [0.3, 0.4) is 0 Å². The third-order valence-corrected chi connectivity index (χ3v) is 2.20. The molecule has 0 aromatic carbocycles. The van der Waals surface area contributed by atoms with Crippen LogP contribution in [0.5, 0.6) is 0 Å². The number of anilines is 2. The normalized spacial score (nSPS) is 10.4. The summed E-state index contributed by atoms with van der Waals surface area (Å²) in [4.78, 5) is 11.7. The summed E-state index contributed by atoms with van der Waals surface area (Å²) in [7, 11) is 1.67. The molecule has 0 unspecified atom stereocenters. The number of halogens is 1. The Kier molecular flexibility index (Phi) is 2.57. The van der Waals surface area contributed by atoms with E-state index in [1.807, 2.05) is 0 Å². The lowest BCUT2D eigenvalue weighted by Gasteiger charge is -2.04. The molecule has 0 saturated heterocycles. The summed E-state index contributed by atoms with van der Waals surface area (Å²) >= 11 is 5.56. The highest BCUT2D eigenvalue weighted by molar-refractivity contribution is 6.29. The first kappa shape index (κ1) is 10.6. The second-order valence-corrected chi connectivity index (χ2v) is 3.50. The summed E-state index contributed by atoms with van der Waals surface area (Å²) in [5, 5.41) is 6.62. The van der Waals surface area contributed by atoms with E-state index in [9.17, 15) is 4.79 Å². The monoisotopic (exact) mass is 240 g/mol. The van der Waals surface area contributed by atoms with Crippen LogP contribution in [0.15, 0.2) is 22.7 Å². The third-order valence-electron chi connectivity index (χ3n) is 2.00. The number of carbonyl (C=O) groups is 1. The van der Waals surface area contributed by atoms with E-state index >= 15 is 0 Å². The van der Waals surface area contributed by atoms with E-state index < -0.39 is 5.91 Å². The van der Waals surface area contributed by atoms with E-state index in [1.54, 1.807) is 7.05 Å². The largest absolute Gasteiger partial charge is 0.440 e. The van der Waals surface area contributed by atoms with Crippen LogP contribution in [-0.2, 0) is 7.05 Å². The number of hydrogen-bond donors (Lipinski definition) is 2. The number of rotatable bonds is 2. The van der Waals surface area contributed by atoms with Crippen LogP contribution in [0.4, 0.5) is 11.5 Å². The zero-order chi connectivity index (χ0) is 11.7. The lowest BCUT2D eigenvalue weighted by molar-refractivity contribution is 0.0996. The van der Waals surface area contributed by atoms with Crippen LogP contribution in [0.1, 0.15) is 10.6 Å². The Morgan fingerprint density at radius 1 is 1.62 bits per heavy atom. The molecule has 0 aliphatic rings. The third kappa shape index (κ3) is 1.87. The van der Waals surface area contributed by atoms with E-state index in [0.29, 0.717) is 11.5 Å². The maximum absolute atomic E-state index is 11.7. The molecule has 2 aromatic rings. The molecule has 2 aromatic heterocycles. The van der Waals surface area contributed by atoms with Gasteiger partial charge in [0.25, 0.3) is 5.91 Å². The van der Waals surface area contributed by atoms with Crippen molar-refractivity contribution in [2.45, 2.75) is 0 Å². The Balaban J connectivity index is 2.20. The summed E-state index contributed by atoms with van der Waals surface area (Å²) in [5.41, 5.74) is 6.00. The van der Waals surface area contributed by atoms with E-state index in [1.165, 1.54) is 23.0 Å². The van der Waals surface area contributed by atoms with Gasteiger partial charge in [-0.25, -0.2) is 0 Å². The molecule has 3 N–H and O–H groups in total. The van der Waals surface area contributed by atoms with Crippen LogP contribution in [-0.4, -0.2) is 15.7 Å². The Morgan fingerprint density at radius 2 is 2.38 bits per heavy atom. The number of nitrogens with one attached hydrogen (secondary N) is 1. The van der Waals surface area contributed by atoms with Crippen LogP contribution >= 0.6 is 11.6 Å². The average molecular weight is 241 g/mol. The molecule has 7 heteroatoms. The Bertz CT molecular complexity index is 512. The smallest absolute Gasteiger partial charge is 0.292 e. The first-order chi connectivity index (χ1) is 7.58. The van der Waals surface area contributed by atoms with Gasteiger partial charge in [-0.15, -0.1) is 0 Å². The van der Waals surface area contributed by atoms with Crippen molar-refractivity contribution in [3.05, 3.63) is 29.3 Å². The summed E-state index contributed by atoms with van der Waals surface area (Å²) < 4.78 is 6.41. The molecule has 0 fully saturated rings. The fourth-order valence-corrected chi connectivity index (χ4v) is 1.36. The molecule has 0 aliphatic carbocycles. The Hall–Kier alpha value is -1.95. The fourth-order valence-electron chi connectivity index (χ4n) is 1.21. The van der Waals surface area contributed by atoms with Crippen molar-refractivity contribution in [3.8, 4) is 0 Å². The van der Waals surface area contributed by atoms with Gasteiger partial charge in [0.05, 0.1) is 11.9 Å². The van der Waals surface area contributed by atoms with Crippen molar-refractivity contribution >= 4 is 29.0 Å². The molecular weight excluding hydrogens is 232 g/mol.